The molecule has 0 amide bonds. The zero-order valence-electron chi connectivity index (χ0n) is 11.2. The highest BCUT2D eigenvalue weighted by Gasteiger charge is 2.18. The van der Waals surface area contributed by atoms with Gasteiger partial charge in [0.15, 0.2) is 0 Å². The summed E-state index contributed by atoms with van der Waals surface area (Å²) in [7, 11) is 0. The largest absolute Gasteiger partial charge is 0.310 e. The van der Waals surface area contributed by atoms with Crippen molar-refractivity contribution < 1.29 is 4.39 Å². The topological polar surface area (TPSA) is 24.9 Å². The van der Waals surface area contributed by atoms with Crippen LogP contribution in [0.1, 0.15) is 57.1 Å². The van der Waals surface area contributed by atoms with Crippen LogP contribution < -0.4 is 5.32 Å². The fourth-order valence-electron chi connectivity index (χ4n) is 2.95. The lowest BCUT2D eigenvalue weighted by Gasteiger charge is -2.20. The van der Waals surface area contributed by atoms with Gasteiger partial charge in [-0.15, -0.1) is 0 Å². The second-order valence-electron chi connectivity index (χ2n) is 5.27. The van der Waals surface area contributed by atoms with Crippen LogP contribution in [0.15, 0.2) is 18.5 Å². The maximum Gasteiger partial charge on any atom is 0.141 e. The molecule has 0 spiro atoms. The molecule has 0 aliphatic heterocycles. The summed E-state index contributed by atoms with van der Waals surface area (Å²) in [4.78, 5) is 3.95. The molecule has 1 atom stereocenters. The Morgan fingerprint density at radius 1 is 1.39 bits per heavy atom. The SMILES string of the molecule is CCNC(CCC1CCCC1)c1cncc(F)c1. The third-order valence-corrected chi connectivity index (χ3v) is 3.92. The van der Waals surface area contributed by atoms with Gasteiger partial charge in [0, 0.05) is 12.2 Å². The van der Waals surface area contributed by atoms with Crippen molar-refractivity contribution >= 4 is 0 Å². The van der Waals surface area contributed by atoms with Crippen LogP contribution in [0.2, 0.25) is 0 Å². The number of pyridine rings is 1. The van der Waals surface area contributed by atoms with Gasteiger partial charge in [-0.05, 0) is 36.9 Å². The van der Waals surface area contributed by atoms with Gasteiger partial charge in [0.25, 0.3) is 0 Å². The van der Waals surface area contributed by atoms with Crippen LogP contribution in [-0.4, -0.2) is 11.5 Å². The molecule has 2 rings (SSSR count). The molecule has 0 aromatic carbocycles. The van der Waals surface area contributed by atoms with Crippen molar-refractivity contribution in [3.63, 3.8) is 0 Å². The molecule has 2 nitrogen and oxygen atoms in total. The first kappa shape index (κ1) is 13.5. The van der Waals surface area contributed by atoms with Crippen LogP contribution in [0.5, 0.6) is 0 Å². The van der Waals surface area contributed by atoms with Crippen LogP contribution in [0, 0.1) is 11.7 Å². The molecule has 1 aliphatic carbocycles. The van der Waals surface area contributed by atoms with Gasteiger partial charge in [0.05, 0.1) is 6.20 Å². The summed E-state index contributed by atoms with van der Waals surface area (Å²) in [5, 5.41) is 3.44. The fraction of sp³-hybridized carbons (Fsp3) is 0.667. The lowest BCUT2D eigenvalue weighted by atomic mass is 9.95. The van der Waals surface area contributed by atoms with E-state index in [1.807, 2.05) is 0 Å². The van der Waals surface area contributed by atoms with Crippen LogP contribution in [0.4, 0.5) is 4.39 Å². The normalized spacial score (nSPS) is 18.1. The highest BCUT2D eigenvalue weighted by molar-refractivity contribution is 5.15. The number of hydrogen-bond acceptors (Lipinski definition) is 2. The van der Waals surface area contributed by atoms with Gasteiger partial charge in [-0.1, -0.05) is 32.6 Å². The maximum atomic E-state index is 13.2. The molecule has 1 fully saturated rings. The van der Waals surface area contributed by atoms with Crippen molar-refractivity contribution in [1.82, 2.24) is 10.3 Å². The van der Waals surface area contributed by atoms with Crippen LogP contribution in [0.3, 0.4) is 0 Å². The summed E-state index contributed by atoms with van der Waals surface area (Å²) in [6.07, 6.45) is 10.9. The zero-order chi connectivity index (χ0) is 12.8. The molecular weight excluding hydrogens is 227 g/mol. The third-order valence-electron chi connectivity index (χ3n) is 3.92. The lowest BCUT2D eigenvalue weighted by Crippen LogP contribution is -2.21. The first-order valence-corrected chi connectivity index (χ1v) is 7.13. The van der Waals surface area contributed by atoms with E-state index in [9.17, 15) is 4.39 Å². The average Bonchev–Trinajstić information content (AvgIpc) is 2.87. The third kappa shape index (κ3) is 3.77. The van der Waals surface area contributed by atoms with E-state index < -0.39 is 0 Å². The molecule has 0 radical (unpaired) electrons. The minimum Gasteiger partial charge on any atom is -0.310 e. The van der Waals surface area contributed by atoms with Gasteiger partial charge in [-0.2, -0.15) is 0 Å². The molecule has 1 aliphatic rings. The zero-order valence-corrected chi connectivity index (χ0v) is 11.2. The van der Waals surface area contributed by atoms with Gasteiger partial charge in [0.1, 0.15) is 5.82 Å². The minimum atomic E-state index is -0.240. The van der Waals surface area contributed by atoms with Gasteiger partial charge in [-0.25, -0.2) is 4.39 Å². The van der Waals surface area contributed by atoms with Crippen molar-refractivity contribution in [3.8, 4) is 0 Å². The van der Waals surface area contributed by atoms with E-state index in [2.05, 4.69) is 17.2 Å². The van der Waals surface area contributed by atoms with Crippen molar-refractivity contribution in [2.75, 3.05) is 6.54 Å². The molecule has 0 saturated heterocycles. The fourth-order valence-corrected chi connectivity index (χ4v) is 2.95. The van der Waals surface area contributed by atoms with Crippen LogP contribution in [-0.2, 0) is 0 Å². The molecule has 1 saturated carbocycles. The first-order valence-electron chi connectivity index (χ1n) is 7.13. The van der Waals surface area contributed by atoms with Gasteiger partial charge < -0.3 is 5.32 Å². The van der Waals surface area contributed by atoms with E-state index in [1.54, 1.807) is 12.3 Å². The Labute approximate surface area is 109 Å². The van der Waals surface area contributed by atoms with Gasteiger partial charge in [0.2, 0.25) is 0 Å². The first-order chi connectivity index (χ1) is 8.79. The second-order valence-corrected chi connectivity index (χ2v) is 5.27. The Morgan fingerprint density at radius 2 is 2.17 bits per heavy atom. The number of nitrogens with one attached hydrogen (secondary N) is 1. The monoisotopic (exact) mass is 250 g/mol. The Balaban J connectivity index is 1.94. The number of rotatable bonds is 6. The predicted molar refractivity (Wildman–Crippen MR) is 71.8 cm³/mol. The highest BCUT2D eigenvalue weighted by Crippen LogP contribution is 2.31. The Bertz CT molecular complexity index is 361. The van der Waals surface area contributed by atoms with E-state index in [1.165, 1.54) is 38.3 Å². The smallest absolute Gasteiger partial charge is 0.141 e. The molecular formula is C15H23FN2. The minimum absolute atomic E-state index is 0.240. The maximum absolute atomic E-state index is 13.2. The van der Waals surface area contributed by atoms with Gasteiger partial charge in [-0.3, -0.25) is 4.98 Å². The van der Waals surface area contributed by atoms with Crippen molar-refractivity contribution in [2.24, 2.45) is 5.92 Å². The van der Waals surface area contributed by atoms with Gasteiger partial charge >= 0.3 is 0 Å². The number of hydrogen-bond donors (Lipinski definition) is 1. The molecule has 1 heterocycles. The Kier molecular flexibility index (Phi) is 5.12. The predicted octanol–water partition coefficient (Wildman–Crippen LogP) is 3.84. The molecule has 3 heteroatoms. The highest BCUT2D eigenvalue weighted by atomic mass is 19.1. The summed E-state index contributed by atoms with van der Waals surface area (Å²) in [5.74, 6) is 0.643. The summed E-state index contributed by atoms with van der Waals surface area (Å²) >= 11 is 0. The quantitative estimate of drug-likeness (QED) is 0.829. The molecule has 1 N–H and O–H groups in total. The second kappa shape index (κ2) is 6.83. The molecule has 0 bridgehead atoms. The number of halogens is 1. The molecule has 1 aromatic heterocycles. The summed E-state index contributed by atoms with van der Waals surface area (Å²) in [6.45, 7) is 3.00. The van der Waals surface area contributed by atoms with E-state index in [4.69, 9.17) is 0 Å². The molecule has 100 valence electrons. The Morgan fingerprint density at radius 3 is 2.83 bits per heavy atom. The van der Waals surface area contributed by atoms with E-state index >= 15 is 0 Å². The molecule has 1 unspecified atom stereocenters. The van der Waals surface area contributed by atoms with Crippen LogP contribution >= 0.6 is 0 Å². The Hall–Kier alpha value is -0.960. The summed E-state index contributed by atoms with van der Waals surface area (Å²) in [6, 6.07) is 1.86. The van der Waals surface area contributed by atoms with Crippen molar-refractivity contribution in [1.29, 1.82) is 0 Å². The van der Waals surface area contributed by atoms with E-state index in [0.29, 0.717) is 0 Å². The lowest BCUT2D eigenvalue weighted by molar-refractivity contribution is 0.415. The average molecular weight is 250 g/mol. The molecule has 18 heavy (non-hydrogen) atoms. The standard InChI is InChI=1S/C15H23FN2/c1-2-18-15(8-7-12-5-3-4-6-12)13-9-14(16)11-17-10-13/h9-12,15,18H,2-8H2,1H3. The molecule has 1 aromatic rings. The number of aromatic nitrogens is 1. The summed E-state index contributed by atoms with van der Waals surface area (Å²) in [5.41, 5.74) is 0.981. The number of nitrogens with zero attached hydrogens (tertiary/aromatic N) is 1. The van der Waals surface area contributed by atoms with Crippen molar-refractivity contribution in [3.05, 3.63) is 29.8 Å². The van der Waals surface area contributed by atoms with Crippen molar-refractivity contribution in [2.45, 2.75) is 51.5 Å². The van der Waals surface area contributed by atoms with E-state index in [-0.39, 0.29) is 11.9 Å². The van der Waals surface area contributed by atoms with Crippen LogP contribution in [0.25, 0.3) is 0 Å². The summed E-state index contributed by atoms with van der Waals surface area (Å²) < 4.78 is 13.2. The van der Waals surface area contributed by atoms with E-state index in [0.717, 1.165) is 24.4 Å².